The predicted molar refractivity (Wildman–Crippen MR) is 49.4 cm³/mol. The first-order valence-electron chi connectivity index (χ1n) is 4.61. The lowest BCUT2D eigenvalue weighted by Gasteiger charge is -2.26. The maximum absolute atomic E-state index is 11.5. The van der Waals surface area contributed by atoms with Gasteiger partial charge in [-0.2, -0.15) is 0 Å². The fourth-order valence-electron chi connectivity index (χ4n) is 1.54. The fourth-order valence-corrected chi connectivity index (χ4v) is 1.54. The smallest absolute Gasteiger partial charge is 0.331 e. The number of esters is 2. The average Bonchev–Trinajstić information content (AvgIpc) is 2.01. The summed E-state index contributed by atoms with van der Waals surface area (Å²) in [6.07, 6.45) is 0.897. The maximum atomic E-state index is 11.5. The third-order valence-electron chi connectivity index (χ3n) is 2.15. The molecule has 0 aliphatic carbocycles. The van der Waals surface area contributed by atoms with Crippen LogP contribution >= 0.6 is 0 Å². The van der Waals surface area contributed by atoms with E-state index in [1.807, 2.05) is 0 Å². The highest BCUT2D eigenvalue weighted by Gasteiger charge is 2.34. The molecular weight excluding hydrogens is 184 g/mol. The van der Waals surface area contributed by atoms with Gasteiger partial charge in [0.2, 0.25) is 0 Å². The van der Waals surface area contributed by atoms with Gasteiger partial charge in [0.15, 0.2) is 0 Å². The minimum absolute atomic E-state index is 0.332. The van der Waals surface area contributed by atoms with E-state index in [2.05, 4.69) is 0 Å². The molecule has 4 nitrogen and oxygen atoms in total. The lowest BCUT2D eigenvalue weighted by Crippen LogP contribution is -2.35. The summed E-state index contributed by atoms with van der Waals surface area (Å²) in [4.78, 5) is 22.4. The van der Waals surface area contributed by atoms with Crippen molar-refractivity contribution in [3.05, 3.63) is 11.6 Å². The summed E-state index contributed by atoms with van der Waals surface area (Å²) in [6, 6.07) is 0. The van der Waals surface area contributed by atoms with Crippen molar-refractivity contribution in [1.82, 2.24) is 0 Å². The van der Waals surface area contributed by atoms with Crippen LogP contribution in [0.2, 0.25) is 0 Å². The molecule has 0 aromatic heterocycles. The molecule has 0 N–H and O–H groups in total. The number of hydrogen-bond donors (Lipinski definition) is 0. The van der Waals surface area contributed by atoms with Gasteiger partial charge in [-0.25, -0.2) is 4.79 Å². The predicted octanol–water partition coefficient (Wildman–Crippen LogP) is 1.06. The van der Waals surface area contributed by atoms with Gasteiger partial charge in [0, 0.05) is 6.08 Å². The van der Waals surface area contributed by atoms with Crippen LogP contribution in [0.25, 0.3) is 0 Å². The first-order chi connectivity index (χ1) is 6.56. The van der Waals surface area contributed by atoms with E-state index in [1.54, 1.807) is 20.8 Å². The van der Waals surface area contributed by atoms with Crippen molar-refractivity contribution >= 4 is 11.9 Å². The van der Waals surface area contributed by atoms with Gasteiger partial charge in [-0.05, 0) is 26.3 Å². The zero-order valence-electron chi connectivity index (χ0n) is 8.57. The highest BCUT2D eigenvalue weighted by atomic mass is 16.6. The summed E-state index contributed by atoms with van der Waals surface area (Å²) in [5, 5.41) is 0. The van der Waals surface area contributed by atoms with Crippen molar-refractivity contribution in [2.45, 2.75) is 26.9 Å². The van der Waals surface area contributed by atoms with Crippen molar-refractivity contribution in [3.8, 4) is 0 Å². The van der Waals surface area contributed by atoms with Gasteiger partial charge in [-0.15, -0.1) is 0 Å². The Morgan fingerprint density at radius 2 is 2.29 bits per heavy atom. The Balaban J connectivity index is 2.81. The van der Waals surface area contributed by atoms with E-state index in [-0.39, 0.29) is 5.97 Å². The molecule has 2 atom stereocenters. The van der Waals surface area contributed by atoms with Crippen molar-refractivity contribution < 1.29 is 19.1 Å². The zero-order valence-corrected chi connectivity index (χ0v) is 8.57. The molecule has 0 aromatic carbocycles. The first kappa shape index (κ1) is 10.8. The van der Waals surface area contributed by atoms with Crippen LogP contribution < -0.4 is 0 Å². The van der Waals surface area contributed by atoms with Crippen LogP contribution in [0.5, 0.6) is 0 Å². The largest absolute Gasteiger partial charge is 0.465 e. The van der Waals surface area contributed by atoms with Gasteiger partial charge in [0.25, 0.3) is 0 Å². The summed E-state index contributed by atoms with van der Waals surface area (Å²) in [5.74, 6) is -1.18. The highest BCUT2D eigenvalue weighted by molar-refractivity contribution is 5.88. The number of carbonyl (C=O) groups is 2. The molecule has 0 saturated heterocycles. The molecule has 78 valence electrons. The third kappa shape index (κ3) is 2.13. The van der Waals surface area contributed by atoms with E-state index in [9.17, 15) is 9.59 Å². The summed E-state index contributed by atoms with van der Waals surface area (Å²) < 4.78 is 9.81. The van der Waals surface area contributed by atoms with Crippen LogP contribution in [0.3, 0.4) is 0 Å². The molecule has 1 aliphatic heterocycles. The Labute approximate surface area is 82.9 Å². The third-order valence-corrected chi connectivity index (χ3v) is 2.15. The van der Waals surface area contributed by atoms with E-state index in [0.29, 0.717) is 12.2 Å². The van der Waals surface area contributed by atoms with Gasteiger partial charge in [0.05, 0.1) is 6.61 Å². The number of hydrogen-bond acceptors (Lipinski definition) is 4. The Hall–Kier alpha value is -1.32. The monoisotopic (exact) mass is 198 g/mol. The maximum Gasteiger partial charge on any atom is 0.331 e. The van der Waals surface area contributed by atoms with Crippen molar-refractivity contribution in [2.75, 3.05) is 6.61 Å². The quantitative estimate of drug-likeness (QED) is 0.622. The van der Waals surface area contributed by atoms with Gasteiger partial charge in [0.1, 0.15) is 12.0 Å². The molecule has 14 heavy (non-hydrogen) atoms. The molecule has 0 bridgehead atoms. The van der Waals surface area contributed by atoms with Crippen LogP contribution in [0.4, 0.5) is 0 Å². The average molecular weight is 198 g/mol. The van der Waals surface area contributed by atoms with E-state index >= 15 is 0 Å². The minimum atomic E-state index is -0.451. The standard InChI is InChI=1S/C10H14O4/c1-4-13-10(12)9-6(2)5-8(11)14-7(9)3/h5,7,9H,4H2,1-3H3/t7-,9-/m0/s1. The number of ether oxygens (including phenoxy) is 2. The number of carbonyl (C=O) groups excluding carboxylic acids is 2. The Morgan fingerprint density at radius 1 is 1.64 bits per heavy atom. The van der Waals surface area contributed by atoms with Crippen LogP contribution in [0.1, 0.15) is 20.8 Å². The molecule has 4 heteroatoms. The minimum Gasteiger partial charge on any atom is -0.465 e. The van der Waals surface area contributed by atoms with Crippen LogP contribution in [-0.4, -0.2) is 24.6 Å². The van der Waals surface area contributed by atoms with Crippen LogP contribution in [0.15, 0.2) is 11.6 Å². The van der Waals surface area contributed by atoms with E-state index in [4.69, 9.17) is 9.47 Å². The Kier molecular flexibility index (Phi) is 3.28. The van der Waals surface area contributed by atoms with Gasteiger partial charge < -0.3 is 9.47 Å². The number of cyclic esters (lactones) is 1. The second-order valence-electron chi connectivity index (χ2n) is 3.26. The number of rotatable bonds is 2. The molecule has 0 aromatic rings. The molecule has 0 fully saturated rings. The Bertz CT molecular complexity index is 280. The van der Waals surface area contributed by atoms with Gasteiger partial charge >= 0.3 is 11.9 Å². The van der Waals surface area contributed by atoms with Crippen molar-refractivity contribution in [3.63, 3.8) is 0 Å². The zero-order chi connectivity index (χ0) is 10.7. The topological polar surface area (TPSA) is 52.6 Å². The molecule has 0 spiro atoms. The van der Waals surface area contributed by atoms with Crippen molar-refractivity contribution in [2.24, 2.45) is 5.92 Å². The summed E-state index contributed by atoms with van der Waals surface area (Å²) in [7, 11) is 0. The van der Waals surface area contributed by atoms with E-state index in [1.165, 1.54) is 6.08 Å². The normalized spacial score (nSPS) is 26.5. The SMILES string of the molecule is CCOC(=O)[C@H]1C(C)=CC(=O)O[C@H]1C. The molecule has 0 saturated carbocycles. The lowest BCUT2D eigenvalue weighted by molar-refractivity contribution is -0.157. The van der Waals surface area contributed by atoms with Crippen LogP contribution in [0, 0.1) is 5.92 Å². The summed E-state index contributed by atoms with van der Waals surface area (Å²) in [6.45, 7) is 5.51. The highest BCUT2D eigenvalue weighted by Crippen LogP contribution is 2.23. The molecule has 1 rings (SSSR count). The molecular formula is C10H14O4. The first-order valence-corrected chi connectivity index (χ1v) is 4.61. The van der Waals surface area contributed by atoms with Gasteiger partial charge in [-0.3, -0.25) is 4.79 Å². The second kappa shape index (κ2) is 4.26. The van der Waals surface area contributed by atoms with Crippen LogP contribution in [-0.2, 0) is 19.1 Å². The molecule has 0 unspecified atom stereocenters. The molecule has 0 amide bonds. The molecule has 1 heterocycles. The van der Waals surface area contributed by atoms with Crippen molar-refractivity contribution in [1.29, 1.82) is 0 Å². The summed E-state index contributed by atoms with van der Waals surface area (Å²) >= 11 is 0. The molecule has 1 aliphatic rings. The fraction of sp³-hybridized carbons (Fsp3) is 0.600. The van der Waals surface area contributed by atoms with E-state index in [0.717, 1.165) is 0 Å². The van der Waals surface area contributed by atoms with E-state index < -0.39 is 18.0 Å². The summed E-state index contributed by atoms with van der Waals surface area (Å²) in [5.41, 5.74) is 0.701. The Morgan fingerprint density at radius 3 is 2.79 bits per heavy atom. The molecule has 0 radical (unpaired) electrons. The lowest BCUT2D eigenvalue weighted by atomic mass is 9.93. The second-order valence-corrected chi connectivity index (χ2v) is 3.26. The van der Waals surface area contributed by atoms with Gasteiger partial charge in [-0.1, -0.05) is 0 Å².